The molecule has 4 rings (SSSR count). The fraction of sp³-hybridized carbons (Fsp3) is 0.467. The van der Waals surface area contributed by atoms with E-state index in [1.165, 1.54) is 0 Å². The number of hydrogen-bond acceptors (Lipinski definition) is 4. The molecule has 202 valence electrons. The highest BCUT2D eigenvalue weighted by molar-refractivity contribution is 5.95. The van der Waals surface area contributed by atoms with Crippen molar-refractivity contribution in [3.05, 3.63) is 71.8 Å². The summed E-state index contributed by atoms with van der Waals surface area (Å²) in [5.74, 6) is -0.751. The van der Waals surface area contributed by atoms with E-state index in [2.05, 4.69) is 10.6 Å². The molecule has 2 aliphatic heterocycles. The quantitative estimate of drug-likeness (QED) is 0.505. The summed E-state index contributed by atoms with van der Waals surface area (Å²) in [6.45, 7) is 3.23. The molecule has 2 heterocycles. The molecule has 0 spiro atoms. The van der Waals surface area contributed by atoms with Crippen molar-refractivity contribution in [2.24, 2.45) is 0 Å². The highest BCUT2D eigenvalue weighted by Gasteiger charge is 2.43. The summed E-state index contributed by atoms with van der Waals surface area (Å²) >= 11 is 0. The minimum Gasteiger partial charge on any atom is -0.354 e. The van der Waals surface area contributed by atoms with Crippen LogP contribution in [0.2, 0.25) is 0 Å². The number of carbonyl (C=O) groups is 4. The zero-order valence-corrected chi connectivity index (χ0v) is 22.1. The van der Waals surface area contributed by atoms with Crippen molar-refractivity contribution >= 4 is 23.6 Å². The molecular formula is C30H38N4O4. The number of benzene rings is 2. The van der Waals surface area contributed by atoms with Crippen molar-refractivity contribution < 1.29 is 19.2 Å². The number of nitrogens with one attached hydrogen (secondary N) is 2. The first-order valence-electron chi connectivity index (χ1n) is 13.7. The summed E-state index contributed by atoms with van der Waals surface area (Å²) in [7, 11) is 0. The number of likely N-dealkylation sites (tertiary alicyclic amines) is 2. The van der Waals surface area contributed by atoms with E-state index in [4.69, 9.17) is 0 Å². The Morgan fingerprint density at radius 2 is 1.45 bits per heavy atom. The highest BCUT2D eigenvalue weighted by atomic mass is 16.2. The van der Waals surface area contributed by atoms with Crippen molar-refractivity contribution in [2.45, 2.75) is 70.0 Å². The van der Waals surface area contributed by atoms with Gasteiger partial charge in [0.1, 0.15) is 18.1 Å². The molecule has 0 aromatic heterocycles. The van der Waals surface area contributed by atoms with Gasteiger partial charge in [-0.15, -0.1) is 0 Å². The van der Waals surface area contributed by atoms with Crippen LogP contribution in [0.1, 0.15) is 50.2 Å². The Hall–Kier alpha value is -3.68. The average Bonchev–Trinajstić information content (AvgIpc) is 3.63. The summed E-state index contributed by atoms with van der Waals surface area (Å²) in [6.07, 6.45) is 4.01. The first-order chi connectivity index (χ1) is 18.5. The number of carbonyl (C=O) groups excluding carboxylic acids is 4. The lowest BCUT2D eigenvalue weighted by Gasteiger charge is -2.33. The fourth-order valence-corrected chi connectivity index (χ4v) is 5.42. The molecular weight excluding hydrogens is 480 g/mol. The van der Waals surface area contributed by atoms with Crippen LogP contribution in [0.4, 0.5) is 0 Å². The molecule has 0 radical (unpaired) electrons. The lowest BCUT2D eigenvalue weighted by Crippen LogP contribution is -2.56. The van der Waals surface area contributed by atoms with Gasteiger partial charge in [0.25, 0.3) is 0 Å². The summed E-state index contributed by atoms with van der Waals surface area (Å²) in [5.41, 5.74) is 2.09. The summed E-state index contributed by atoms with van der Waals surface area (Å²) < 4.78 is 0. The molecule has 0 bridgehead atoms. The third-order valence-electron chi connectivity index (χ3n) is 7.45. The molecule has 3 atom stereocenters. The number of nitrogens with zero attached hydrogens (tertiary/aromatic N) is 2. The summed E-state index contributed by atoms with van der Waals surface area (Å²) in [4.78, 5) is 55.9. The van der Waals surface area contributed by atoms with Gasteiger partial charge in [0.2, 0.25) is 23.6 Å². The minimum absolute atomic E-state index is 0.139. The van der Waals surface area contributed by atoms with E-state index in [1.807, 2.05) is 60.7 Å². The lowest BCUT2D eigenvalue weighted by molar-refractivity contribution is -0.147. The monoisotopic (exact) mass is 518 g/mol. The van der Waals surface area contributed by atoms with Gasteiger partial charge in [-0.3, -0.25) is 19.2 Å². The molecule has 2 saturated heterocycles. The fourth-order valence-electron chi connectivity index (χ4n) is 5.42. The molecule has 2 aromatic rings. The van der Waals surface area contributed by atoms with E-state index >= 15 is 0 Å². The molecule has 0 saturated carbocycles. The average molecular weight is 519 g/mol. The molecule has 0 aliphatic carbocycles. The highest BCUT2D eigenvalue weighted by Crippen LogP contribution is 2.26. The molecule has 2 fully saturated rings. The summed E-state index contributed by atoms with van der Waals surface area (Å²) in [5, 5.41) is 5.86. The van der Waals surface area contributed by atoms with Crippen LogP contribution in [0.15, 0.2) is 60.7 Å². The van der Waals surface area contributed by atoms with Crippen LogP contribution in [0.25, 0.3) is 0 Å². The van der Waals surface area contributed by atoms with Gasteiger partial charge in [-0.05, 0) is 43.2 Å². The topological polar surface area (TPSA) is 98.8 Å². The van der Waals surface area contributed by atoms with Gasteiger partial charge in [-0.1, -0.05) is 67.6 Å². The van der Waals surface area contributed by atoms with Crippen LogP contribution in [0, 0.1) is 0 Å². The Labute approximate surface area is 224 Å². The summed E-state index contributed by atoms with van der Waals surface area (Å²) in [6, 6.07) is 17.6. The van der Waals surface area contributed by atoms with Crippen LogP contribution in [0.5, 0.6) is 0 Å². The predicted octanol–water partition coefficient (Wildman–Crippen LogP) is 2.46. The van der Waals surface area contributed by atoms with E-state index < -0.39 is 18.1 Å². The zero-order valence-electron chi connectivity index (χ0n) is 22.1. The Morgan fingerprint density at radius 1 is 0.842 bits per heavy atom. The normalized spacial score (nSPS) is 19.7. The Balaban J connectivity index is 1.41. The minimum atomic E-state index is -0.742. The second-order valence-electron chi connectivity index (χ2n) is 10.1. The van der Waals surface area contributed by atoms with E-state index in [1.54, 1.807) is 16.7 Å². The zero-order chi connectivity index (χ0) is 26.9. The van der Waals surface area contributed by atoms with E-state index in [0.29, 0.717) is 45.3 Å². The van der Waals surface area contributed by atoms with Crippen molar-refractivity contribution in [1.29, 1.82) is 0 Å². The number of rotatable bonds is 10. The first-order valence-corrected chi connectivity index (χ1v) is 13.7. The molecule has 2 N–H and O–H groups in total. The Morgan fingerprint density at radius 3 is 2.11 bits per heavy atom. The van der Waals surface area contributed by atoms with Gasteiger partial charge >= 0.3 is 0 Å². The van der Waals surface area contributed by atoms with Crippen molar-refractivity contribution in [1.82, 2.24) is 20.4 Å². The number of amides is 4. The second kappa shape index (κ2) is 13.2. The van der Waals surface area contributed by atoms with Gasteiger partial charge in [-0.2, -0.15) is 0 Å². The van der Waals surface area contributed by atoms with Gasteiger partial charge in [0, 0.05) is 32.5 Å². The van der Waals surface area contributed by atoms with Crippen molar-refractivity contribution in [3.8, 4) is 0 Å². The second-order valence-corrected chi connectivity index (χ2v) is 10.1. The maximum Gasteiger partial charge on any atom is 0.246 e. The SMILES string of the molecule is CCC(=O)N[C@@H](Cc1ccccc1)C(=O)N1CCC[C@H]1C(=O)N1CCC[C@H]1C(=O)NCCc1ccccc1. The van der Waals surface area contributed by atoms with Crippen molar-refractivity contribution in [3.63, 3.8) is 0 Å². The van der Waals surface area contributed by atoms with E-state index in [-0.39, 0.29) is 30.0 Å². The third-order valence-corrected chi connectivity index (χ3v) is 7.45. The lowest BCUT2D eigenvalue weighted by atomic mass is 10.0. The first kappa shape index (κ1) is 27.4. The Bertz CT molecular complexity index is 1110. The van der Waals surface area contributed by atoms with Crippen LogP contribution in [0.3, 0.4) is 0 Å². The molecule has 38 heavy (non-hydrogen) atoms. The third kappa shape index (κ3) is 6.79. The van der Waals surface area contributed by atoms with E-state index in [9.17, 15) is 19.2 Å². The van der Waals surface area contributed by atoms with Gasteiger partial charge in [-0.25, -0.2) is 0 Å². The van der Waals surface area contributed by atoms with Crippen LogP contribution < -0.4 is 10.6 Å². The molecule has 2 aliphatic rings. The van der Waals surface area contributed by atoms with Crippen molar-refractivity contribution in [2.75, 3.05) is 19.6 Å². The molecule has 8 nitrogen and oxygen atoms in total. The standard InChI is InChI=1S/C30H38N4O4/c1-2-27(35)32-24(21-23-13-7-4-8-14-23)29(37)34-20-10-16-26(34)30(38)33-19-9-15-25(33)28(36)31-18-17-22-11-5-3-6-12-22/h3-8,11-14,24-26H,2,9-10,15-21H2,1H3,(H,31,36)(H,32,35)/t24-,25-,26-/m0/s1. The molecule has 0 unspecified atom stereocenters. The number of hydrogen-bond donors (Lipinski definition) is 2. The molecule has 4 amide bonds. The van der Waals surface area contributed by atoms with Crippen LogP contribution in [-0.4, -0.2) is 71.2 Å². The maximum atomic E-state index is 13.7. The van der Waals surface area contributed by atoms with Gasteiger partial charge in [0.15, 0.2) is 0 Å². The maximum absolute atomic E-state index is 13.7. The Kier molecular flexibility index (Phi) is 9.51. The van der Waals surface area contributed by atoms with E-state index in [0.717, 1.165) is 24.0 Å². The van der Waals surface area contributed by atoms with Gasteiger partial charge in [0.05, 0.1) is 0 Å². The molecule has 8 heteroatoms. The van der Waals surface area contributed by atoms with Crippen LogP contribution in [-0.2, 0) is 32.0 Å². The largest absolute Gasteiger partial charge is 0.354 e. The molecule has 2 aromatic carbocycles. The predicted molar refractivity (Wildman–Crippen MR) is 145 cm³/mol. The van der Waals surface area contributed by atoms with Crippen LogP contribution >= 0.6 is 0 Å². The van der Waals surface area contributed by atoms with Gasteiger partial charge < -0.3 is 20.4 Å². The smallest absolute Gasteiger partial charge is 0.246 e.